The summed E-state index contributed by atoms with van der Waals surface area (Å²) in [6.45, 7) is 2.92. The highest BCUT2D eigenvalue weighted by Gasteiger charge is 2.22. The molecular formula is C16H16N2O3. The Morgan fingerprint density at radius 1 is 0.952 bits per heavy atom. The Morgan fingerprint density at radius 3 is 2.29 bits per heavy atom. The topological polar surface area (TPSA) is 53.8 Å². The van der Waals surface area contributed by atoms with Gasteiger partial charge in [-0.05, 0) is 18.2 Å². The fraction of sp³-hybridized carbons (Fsp3) is 0.250. The van der Waals surface area contributed by atoms with Crippen LogP contribution in [0.2, 0.25) is 0 Å². The van der Waals surface area contributed by atoms with Crippen molar-refractivity contribution in [2.24, 2.45) is 0 Å². The van der Waals surface area contributed by atoms with Crippen molar-refractivity contribution < 1.29 is 9.21 Å². The number of hydrogen-bond acceptors (Lipinski definition) is 4. The molecule has 1 aromatic heterocycles. The van der Waals surface area contributed by atoms with Crippen molar-refractivity contribution in [2.45, 2.75) is 0 Å². The third kappa shape index (κ3) is 2.97. The SMILES string of the molecule is O=C(c1ccc(=O)oc1)N1CCN(c2ccccc2)CC1. The van der Waals surface area contributed by atoms with Gasteiger partial charge in [-0.25, -0.2) is 4.79 Å². The van der Waals surface area contributed by atoms with Crippen molar-refractivity contribution in [2.75, 3.05) is 31.1 Å². The van der Waals surface area contributed by atoms with Crippen molar-refractivity contribution in [1.29, 1.82) is 0 Å². The predicted molar refractivity (Wildman–Crippen MR) is 79.5 cm³/mol. The highest BCUT2D eigenvalue weighted by atomic mass is 16.4. The summed E-state index contributed by atoms with van der Waals surface area (Å²) in [5.41, 5.74) is 1.15. The van der Waals surface area contributed by atoms with E-state index in [0.717, 1.165) is 13.1 Å². The molecule has 21 heavy (non-hydrogen) atoms. The maximum atomic E-state index is 12.3. The first kappa shape index (κ1) is 13.4. The second-order valence-corrected chi connectivity index (χ2v) is 4.96. The Labute approximate surface area is 122 Å². The molecule has 0 spiro atoms. The van der Waals surface area contributed by atoms with Gasteiger partial charge in [-0.15, -0.1) is 0 Å². The molecule has 0 N–H and O–H groups in total. The average Bonchev–Trinajstić information content (AvgIpc) is 2.56. The molecule has 1 fully saturated rings. The maximum absolute atomic E-state index is 12.3. The maximum Gasteiger partial charge on any atom is 0.335 e. The van der Waals surface area contributed by atoms with E-state index in [-0.39, 0.29) is 5.91 Å². The number of carbonyl (C=O) groups excluding carboxylic acids is 1. The first-order valence-corrected chi connectivity index (χ1v) is 6.92. The lowest BCUT2D eigenvalue weighted by Gasteiger charge is -2.36. The zero-order valence-corrected chi connectivity index (χ0v) is 11.6. The van der Waals surface area contributed by atoms with Crippen LogP contribution in [0.1, 0.15) is 10.4 Å². The Kier molecular flexibility index (Phi) is 3.73. The summed E-state index contributed by atoms with van der Waals surface area (Å²) < 4.78 is 4.75. The van der Waals surface area contributed by atoms with Gasteiger partial charge in [-0.2, -0.15) is 0 Å². The van der Waals surface area contributed by atoms with Crippen molar-refractivity contribution >= 4 is 11.6 Å². The molecule has 0 unspecified atom stereocenters. The first-order chi connectivity index (χ1) is 10.2. The van der Waals surface area contributed by atoms with Crippen LogP contribution in [-0.2, 0) is 0 Å². The van der Waals surface area contributed by atoms with Gasteiger partial charge >= 0.3 is 5.63 Å². The molecular weight excluding hydrogens is 268 g/mol. The molecule has 0 aliphatic carbocycles. The fourth-order valence-corrected chi connectivity index (χ4v) is 2.47. The van der Waals surface area contributed by atoms with Gasteiger partial charge in [0.25, 0.3) is 5.91 Å². The van der Waals surface area contributed by atoms with Crippen LogP contribution < -0.4 is 10.5 Å². The molecule has 3 rings (SSSR count). The first-order valence-electron chi connectivity index (χ1n) is 6.92. The van der Waals surface area contributed by atoms with Crippen LogP contribution >= 0.6 is 0 Å². The van der Waals surface area contributed by atoms with Crippen LogP contribution in [0, 0.1) is 0 Å². The van der Waals surface area contributed by atoms with E-state index in [2.05, 4.69) is 17.0 Å². The predicted octanol–water partition coefficient (Wildman–Crippen LogP) is 1.60. The van der Waals surface area contributed by atoms with E-state index in [1.807, 2.05) is 18.2 Å². The Bertz CT molecular complexity index is 653. The normalized spacial score (nSPS) is 15.0. The number of amides is 1. The lowest BCUT2D eigenvalue weighted by Crippen LogP contribution is -2.48. The molecule has 108 valence electrons. The summed E-state index contributed by atoms with van der Waals surface area (Å²) in [5, 5.41) is 0. The zero-order chi connectivity index (χ0) is 14.7. The van der Waals surface area contributed by atoms with Gasteiger partial charge in [0.15, 0.2) is 0 Å². The number of carbonyl (C=O) groups is 1. The lowest BCUT2D eigenvalue weighted by molar-refractivity contribution is 0.0744. The number of anilines is 1. The molecule has 5 nitrogen and oxygen atoms in total. The average molecular weight is 284 g/mol. The van der Waals surface area contributed by atoms with E-state index >= 15 is 0 Å². The van der Waals surface area contributed by atoms with Crippen molar-refractivity contribution in [3.63, 3.8) is 0 Å². The van der Waals surface area contributed by atoms with Gasteiger partial charge in [0.05, 0.1) is 5.56 Å². The minimum absolute atomic E-state index is 0.0912. The number of para-hydroxylation sites is 1. The summed E-state index contributed by atoms with van der Waals surface area (Å²) in [7, 11) is 0. The van der Waals surface area contributed by atoms with Crippen LogP contribution in [0.3, 0.4) is 0 Å². The van der Waals surface area contributed by atoms with Crippen LogP contribution in [0.4, 0.5) is 5.69 Å². The van der Waals surface area contributed by atoms with Crippen LogP contribution in [0.15, 0.2) is 57.9 Å². The zero-order valence-electron chi connectivity index (χ0n) is 11.6. The van der Waals surface area contributed by atoms with Gasteiger partial charge in [-0.3, -0.25) is 4.79 Å². The van der Waals surface area contributed by atoms with Gasteiger partial charge in [-0.1, -0.05) is 18.2 Å². The second-order valence-electron chi connectivity index (χ2n) is 4.96. The molecule has 1 amide bonds. The minimum atomic E-state index is -0.444. The van der Waals surface area contributed by atoms with E-state index in [1.165, 1.54) is 24.1 Å². The summed E-state index contributed by atoms with van der Waals surface area (Å²) >= 11 is 0. The van der Waals surface area contributed by atoms with Crippen LogP contribution in [0.5, 0.6) is 0 Å². The van der Waals surface area contributed by atoms with E-state index in [9.17, 15) is 9.59 Å². The molecule has 1 aromatic carbocycles. The van der Waals surface area contributed by atoms with E-state index in [1.54, 1.807) is 4.90 Å². The third-order valence-electron chi connectivity index (χ3n) is 3.64. The van der Waals surface area contributed by atoms with Crippen LogP contribution in [0.25, 0.3) is 0 Å². The van der Waals surface area contributed by atoms with E-state index in [0.29, 0.717) is 18.7 Å². The molecule has 2 aromatic rings. The van der Waals surface area contributed by atoms with Crippen molar-refractivity contribution in [3.05, 3.63) is 64.7 Å². The Morgan fingerprint density at radius 2 is 1.67 bits per heavy atom. The third-order valence-corrected chi connectivity index (χ3v) is 3.64. The number of benzene rings is 1. The molecule has 1 aliphatic heterocycles. The molecule has 0 bridgehead atoms. The van der Waals surface area contributed by atoms with Crippen molar-refractivity contribution in [3.8, 4) is 0 Å². The molecule has 0 saturated carbocycles. The van der Waals surface area contributed by atoms with Gasteiger partial charge in [0.1, 0.15) is 6.26 Å². The monoisotopic (exact) mass is 284 g/mol. The van der Waals surface area contributed by atoms with Crippen LogP contribution in [-0.4, -0.2) is 37.0 Å². The summed E-state index contributed by atoms with van der Waals surface area (Å²) in [6, 6.07) is 12.9. The van der Waals surface area contributed by atoms with Crippen molar-refractivity contribution in [1.82, 2.24) is 4.90 Å². The van der Waals surface area contributed by atoms with E-state index < -0.39 is 5.63 Å². The number of nitrogens with zero attached hydrogens (tertiary/aromatic N) is 2. The number of hydrogen-bond donors (Lipinski definition) is 0. The quantitative estimate of drug-likeness (QED) is 0.840. The highest BCUT2D eigenvalue weighted by Crippen LogP contribution is 2.16. The molecule has 1 saturated heterocycles. The summed E-state index contributed by atoms with van der Waals surface area (Å²) in [4.78, 5) is 27.3. The van der Waals surface area contributed by atoms with Gasteiger partial charge in [0.2, 0.25) is 0 Å². The summed E-state index contributed by atoms with van der Waals surface area (Å²) in [6.07, 6.45) is 1.23. The van der Waals surface area contributed by atoms with Gasteiger partial charge in [0, 0.05) is 37.9 Å². The molecule has 5 heteroatoms. The highest BCUT2D eigenvalue weighted by molar-refractivity contribution is 5.93. The van der Waals surface area contributed by atoms with E-state index in [4.69, 9.17) is 4.42 Å². The molecule has 1 aliphatic rings. The largest absolute Gasteiger partial charge is 0.430 e. The second kappa shape index (κ2) is 5.83. The standard InChI is InChI=1S/C16H16N2O3/c19-15-7-6-13(12-21-15)16(20)18-10-8-17(9-11-18)14-4-2-1-3-5-14/h1-7,12H,8-11H2. The smallest absolute Gasteiger partial charge is 0.335 e. The number of piperazine rings is 1. The Hall–Kier alpha value is -2.56. The minimum Gasteiger partial charge on any atom is -0.430 e. The summed E-state index contributed by atoms with van der Waals surface area (Å²) in [5.74, 6) is -0.0912. The lowest BCUT2D eigenvalue weighted by atomic mass is 10.2. The molecule has 0 radical (unpaired) electrons. The fourth-order valence-electron chi connectivity index (χ4n) is 2.47. The Balaban J connectivity index is 1.64. The van der Waals surface area contributed by atoms with Gasteiger partial charge < -0.3 is 14.2 Å². The molecule has 2 heterocycles. The molecule has 0 atom stereocenters. The number of rotatable bonds is 2.